The Morgan fingerprint density at radius 2 is 1.71 bits per heavy atom. The van der Waals surface area contributed by atoms with E-state index in [-0.39, 0.29) is 23.3 Å². The molecule has 1 aromatic heterocycles. The van der Waals surface area contributed by atoms with Gasteiger partial charge < -0.3 is 15.5 Å². The number of rotatable bonds is 9. The van der Waals surface area contributed by atoms with Crippen LogP contribution in [0.4, 0.5) is 14.6 Å². The Balaban J connectivity index is 0.000000417. The average molecular weight is 563 g/mol. The van der Waals surface area contributed by atoms with Crippen LogP contribution in [0.15, 0.2) is 66.9 Å². The van der Waals surface area contributed by atoms with Crippen LogP contribution in [0.5, 0.6) is 0 Å². The van der Waals surface area contributed by atoms with Crippen LogP contribution in [0, 0.1) is 17.6 Å². The second kappa shape index (κ2) is 14.3. The second-order valence-electron chi connectivity index (χ2n) is 11.0. The van der Waals surface area contributed by atoms with Crippen LogP contribution in [0.25, 0.3) is 0 Å². The Bertz CT molecular complexity index is 1290. The van der Waals surface area contributed by atoms with E-state index >= 15 is 0 Å². The zero-order valence-electron chi connectivity index (χ0n) is 24.0. The van der Waals surface area contributed by atoms with Gasteiger partial charge in [-0.05, 0) is 86.0 Å². The van der Waals surface area contributed by atoms with Gasteiger partial charge in [0, 0.05) is 31.8 Å². The summed E-state index contributed by atoms with van der Waals surface area (Å²) in [5.41, 5.74) is 3.47. The van der Waals surface area contributed by atoms with E-state index in [0.29, 0.717) is 5.82 Å². The minimum absolute atomic E-state index is 0.0353. The van der Waals surface area contributed by atoms with Crippen molar-refractivity contribution in [2.45, 2.75) is 63.8 Å². The maximum atomic E-state index is 13.1. The van der Waals surface area contributed by atoms with Crippen LogP contribution in [-0.4, -0.2) is 47.4 Å². The van der Waals surface area contributed by atoms with Gasteiger partial charge in [0.15, 0.2) is 0 Å². The topological polar surface area (TPSA) is 74.3 Å². The molecule has 1 saturated carbocycles. The van der Waals surface area contributed by atoms with Crippen LogP contribution < -0.4 is 10.6 Å². The third kappa shape index (κ3) is 8.19. The lowest BCUT2D eigenvalue weighted by molar-refractivity contribution is -0.137. The van der Waals surface area contributed by atoms with Crippen LogP contribution in [0.1, 0.15) is 55.7 Å². The number of anilines is 1. The highest BCUT2D eigenvalue weighted by atomic mass is 19.1. The van der Waals surface area contributed by atoms with Gasteiger partial charge in [0.05, 0.1) is 5.54 Å². The Morgan fingerprint density at radius 3 is 2.34 bits per heavy atom. The van der Waals surface area contributed by atoms with Crippen molar-refractivity contribution in [3.63, 3.8) is 0 Å². The molecule has 0 unspecified atom stereocenters. The highest BCUT2D eigenvalue weighted by Crippen LogP contribution is 2.32. The highest BCUT2D eigenvalue weighted by Gasteiger charge is 2.41. The molecule has 218 valence electrons. The molecule has 2 aliphatic rings. The quantitative estimate of drug-likeness (QED) is 0.350. The monoisotopic (exact) mass is 562 g/mol. The molecule has 0 saturated heterocycles. The maximum Gasteiger partial charge on any atom is 0.242 e. The predicted molar refractivity (Wildman–Crippen MR) is 157 cm³/mol. The van der Waals surface area contributed by atoms with Gasteiger partial charge in [-0.1, -0.05) is 50.1 Å². The number of likely N-dealkylation sites (N-methyl/N-ethyl adjacent to an activating group) is 2. The molecule has 0 bridgehead atoms. The number of aryl methyl sites for hydroxylation is 1. The van der Waals surface area contributed by atoms with Crippen molar-refractivity contribution in [2.75, 3.05) is 25.5 Å². The first-order valence-corrected chi connectivity index (χ1v) is 14.5. The third-order valence-electron chi connectivity index (χ3n) is 7.96. The number of pyridine rings is 1. The largest absolute Gasteiger partial charge is 0.344 e. The Labute approximate surface area is 241 Å². The van der Waals surface area contributed by atoms with E-state index in [1.807, 2.05) is 30.1 Å². The molecule has 2 aliphatic carbocycles. The molecular formula is C33H40F2N4O2. The number of amides is 2. The van der Waals surface area contributed by atoms with Crippen LogP contribution >= 0.6 is 0 Å². The summed E-state index contributed by atoms with van der Waals surface area (Å²) in [4.78, 5) is 31.9. The van der Waals surface area contributed by atoms with Gasteiger partial charge >= 0.3 is 0 Å². The zero-order valence-corrected chi connectivity index (χ0v) is 24.0. The summed E-state index contributed by atoms with van der Waals surface area (Å²) in [6.45, 7) is 3.67. The van der Waals surface area contributed by atoms with Crippen molar-refractivity contribution >= 4 is 17.6 Å². The molecule has 2 aromatic carbocycles. The Hall–Kier alpha value is -3.65. The van der Waals surface area contributed by atoms with Crippen LogP contribution in [0.3, 0.4) is 0 Å². The number of halogens is 2. The lowest BCUT2D eigenvalue weighted by Crippen LogP contribution is -2.55. The average Bonchev–Trinajstić information content (AvgIpc) is 3.61. The Morgan fingerprint density at radius 1 is 0.976 bits per heavy atom. The number of hydrogen-bond donors (Lipinski definition) is 2. The molecular weight excluding hydrogens is 522 g/mol. The van der Waals surface area contributed by atoms with Crippen molar-refractivity contribution in [2.24, 2.45) is 5.92 Å². The molecule has 3 aromatic rings. The lowest BCUT2D eigenvalue weighted by atomic mass is 9.95. The fourth-order valence-electron chi connectivity index (χ4n) is 5.91. The van der Waals surface area contributed by atoms with Crippen molar-refractivity contribution in [1.29, 1.82) is 0 Å². The smallest absolute Gasteiger partial charge is 0.242 e. The van der Waals surface area contributed by atoms with E-state index in [1.54, 1.807) is 6.20 Å². The van der Waals surface area contributed by atoms with E-state index in [2.05, 4.69) is 40.7 Å². The molecule has 1 heterocycles. The zero-order chi connectivity index (χ0) is 29.2. The second-order valence-corrected chi connectivity index (χ2v) is 11.0. The van der Waals surface area contributed by atoms with Crippen LogP contribution in [-0.2, 0) is 28.9 Å². The van der Waals surface area contributed by atoms with E-state index in [1.165, 1.54) is 34.9 Å². The summed E-state index contributed by atoms with van der Waals surface area (Å²) >= 11 is 0. The van der Waals surface area contributed by atoms with Gasteiger partial charge in [0.2, 0.25) is 11.8 Å². The first-order chi connectivity index (χ1) is 19.8. The molecule has 1 fully saturated rings. The SMILES string of the molecule is CCNC1(C(=O)N(C)CCCc2ccc3c(c2)C[C@H](C(=O)Nc2ccccn2)C3)CCCC1.Fc1cccc(F)c1. The summed E-state index contributed by atoms with van der Waals surface area (Å²) < 4.78 is 23.9. The first-order valence-electron chi connectivity index (χ1n) is 14.5. The molecule has 8 heteroatoms. The molecule has 0 aliphatic heterocycles. The normalized spacial score (nSPS) is 16.8. The summed E-state index contributed by atoms with van der Waals surface area (Å²) in [6.07, 6.45) is 9.25. The molecule has 2 N–H and O–H groups in total. The van der Waals surface area contributed by atoms with E-state index in [0.717, 1.165) is 70.5 Å². The standard InChI is InChI=1S/C27H36N4O2.C6H4F2/c1-3-29-27(13-5-6-14-27)26(33)31(2)16-8-9-20-11-12-21-18-23(19-22(21)17-20)25(32)30-24-10-4-7-15-28-24;7-5-2-1-3-6(8)4-5/h4,7,10-12,15,17,23,29H,3,5-6,8-9,13-14,16,18-19H2,1-2H3,(H,28,30,32);1-4H/t23-;/m1./s1. The maximum absolute atomic E-state index is 13.1. The number of nitrogens with zero attached hydrogens (tertiary/aromatic N) is 2. The molecule has 5 rings (SSSR count). The van der Waals surface area contributed by atoms with Gasteiger partial charge in [0.25, 0.3) is 0 Å². The first kappa shape index (κ1) is 30.3. The fraction of sp³-hybridized carbons (Fsp3) is 0.424. The predicted octanol–water partition coefficient (Wildman–Crippen LogP) is 5.71. The molecule has 0 radical (unpaired) electrons. The van der Waals surface area contributed by atoms with Crippen molar-refractivity contribution in [3.05, 3.63) is 95.2 Å². The summed E-state index contributed by atoms with van der Waals surface area (Å²) in [5, 5.41) is 6.41. The summed E-state index contributed by atoms with van der Waals surface area (Å²) in [5.74, 6) is -0.235. The van der Waals surface area contributed by atoms with E-state index in [9.17, 15) is 18.4 Å². The van der Waals surface area contributed by atoms with E-state index in [4.69, 9.17) is 0 Å². The van der Waals surface area contributed by atoms with Gasteiger partial charge in [-0.15, -0.1) is 0 Å². The van der Waals surface area contributed by atoms with Crippen molar-refractivity contribution in [1.82, 2.24) is 15.2 Å². The number of aromatic nitrogens is 1. The minimum Gasteiger partial charge on any atom is -0.344 e. The van der Waals surface area contributed by atoms with Gasteiger partial charge in [-0.25, -0.2) is 13.8 Å². The fourth-order valence-corrected chi connectivity index (χ4v) is 5.91. The number of fused-ring (bicyclic) bond motifs is 1. The number of benzene rings is 2. The number of carbonyl (C=O) groups excluding carboxylic acids is 2. The van der Waals surface area contributed by atoms with Crippen LogP contribution in [0.2, 0.25) is 0 Å². The van der Waals surface area contributed by atoms with E-state index < -0.39 is 11.6 Å². The number of nitrogens with one attached hydrogen (secondary N) is 2. The molecule has 1 atom stereocenters. The van der Waals surface area contributed by atoms with Gasteiger partial charge in [-0.2, -0.15) is 0 Å². The molecule has 2 amide bonds. The lowest BCUT2D eigenvalue weighted by Gasteiger charge is -2.33. The van der Waals surface area contributed by atoms with Crippen molar-refractivity contribution < 1.29 is 18.4 Å². The molecule has 6 nitrogen and oxygen atoms in total. The third-order valence-corrected chi connectivity index (χ3v) is 7.96. The van der Waals surface area contributed by atoms with Gasteiger partial charge in [-0.3, -0.25) is 9.59 Å². The number of carbonyl (C=O) groups is 2. The Kier molecular flexibility index (Phi) is 10.6. The highest BCUT2D eigenvalue weighted by molar-refractivity contribution is 5.92. The van der Waals surface area contributed by atoms with Gasteiger partial charge in [0.1, 0.15) is 17.5 Å². The van der Waals surface area contributed by atoms with Crippen molar-refractivity contribution in [3.8, 4) is 0 Å². The number of hydrogen-bond acceptors (Lipinski definition) is 4. The summed E-state index contributed by atoms with van der Waals surface area (Å²) in [6, 6.07) is 16.7. The minimum atomic E-state index is -0.537. The molecule has 41 heavy (non-hydrogen) atoms. The molecule has 0 spiro atoms. The summed E-state index contributed by atoms with van der Waals surface area (Å²) in [7, 11) is 1.94.